The smallest absolute Gasteiger partial charge is 0.311 e. The molecular formula is C23H27N3O4S. The van der Waals surface area contributed by atoms with E-state index in [4.69, 9.17) is 9.57 Å². The maximum atomic E-state index is 12.6. The van der Waals surface area contributed by atoms with E-state index in [9.17, 15) is 9.59 Å². The number of esters is 1. The summed E-state index contributed by atoms with van der Waals surface area (Å²) >= 11 is 1.70. The van der Waals surface area contributed by atoms with Crippen molar-refractivity contribution in [2.24, 2.45) is 5.92 Å². The first-order chi connectivity index (χ1) is 15.1. The van der Waals surface area contributed by atoms with Gasteiger partial charge in [-0.05, 0) is 12.8 Å². The molecule has 2 fully saturated rings. The Hall–Kier alpha value is -2.55. The molecule has 7 nitrogen and oxygen atoms in total. The molecule has 2 saturated heterocycles. The summed E-state index contributed by atoms with van der Waals surface area (Å²) < 4.78 is 5.02. The highest BCUT2D eigenvalue weighted by atomic mass is 32.1. The van der Waals surface area contributed by atoms with Crippen molar-refractivity contribution < 1.29 is 19.2 Å². The predicted octanol–water partition coefficient (Wildman–Crippen LogP) is 3.28. The molecule has 31 heavy (non-hydrogen) atoms. The first kappa shape index (κ1) is 21.7. The molecule has 0 radical (unpaired) electrons. The molecule has 1 atom stereocenters. The van der Waals surface area contributed by atoms with Crippen molar-refractivity contribution in [3.8, 4) is 10.6 Å². The highest BCUT2D eigenvalue weighted by molar-refractivity contribution is 7.15. The van der Waals surface area contributed by atoms with Crippen molar-refractivity contribution in [2.45, 2.75) is 31.3 Å². The molecule has 4 rings (SSSR count). The number of carbonyl (C=O) groups is 2. The molecule has 1 amide bonds. The van der Waals surface area contributed by atoms with Gasteiger partial charge in [-0.2, -0.15) is 0 Å². The average Bonchev–Trinajstić information content (AvgIpc) is 3.37. The molecule has 2 aliphatic heterocycles. The largest absolute Gasteiger partial charge is 0.469 e. The molecule has 2 aromatic rings. The predicted molar refractivity (Wildman–Crippen MR) is 118 cm³/mol. The van der Waals surface area contributed by atoms with Gasteiger partial charge in [-0.25, -0.2) is 10.0 Å². The number of hydrogen-bond donors (Lipinski definition) is 0. The molecule has 3 heterocycles. The van der Waals surface area contributed by atoms with Crippen molar-refractivity contribution in [3.05, 3.63) is 54.1 Å². The van der Waals surface area contributed by atoms with Crippen LogP contribution < -0.4 is 0 Å². The van der Waals surface area contributed by atoms with Crippen LogP contribution in [0, 0.1) is 5.92 Å². The van der Waals surface area contributed by atoms with Gasteiger partial charge in [0, 0.05) is 42.7 Å². The number of rotatable bonds is 7. The first-order valence-corrected chi connectivity index (χ1v) is 11.3. The molecule has 1 spiro atoms. The number of likely N-dealkylation sites (tertiary alicyclic amines) is 1. The van der Waals surface area contributed by atoms with Gasteiger partial charge in [-0.3, -0.25) is 19.3 Å². The highest BCUT2D eigenvalue weighted by Gasteiger charge is 2.58. The van der Waals surface area contributed by atoms with Gasteiger partial charge in [-0.15, -0.1) is 17.9 Å². The molecule has 8 heteroatoms. The maximum Gasteiger partial charge on any atom is 0.311 e. The van der Waals surface area contributed by atoms with Crippen LogP contribution in [-0.4, -0.2) is 59.2 Å². The molecule has 0 saturated carbocycles. The number of hydrogen-bond acceptors (Lipinski definition) is 7. The van der Waals surface area contributed by atoms with Crippen molar-refractivity contribution in [2.75, 3.05) is 26.8 Å². The van der Waals surface area contributed by atoms with E-state index in [1.54, 1.807) is 17.4 Å². The van der Waals surface area contributed by atoms with Gasteiger partial charge >= 0.3 is 5.97 Å². The number of methoxy groups -OCH3 is 1. The number of thiazole rings is 1. The second kappa shape index (κ2) is 9.30. The second-order valence-corrected chi connectivity index (χ2v) is 9.05. The monoisotopic (exact) mass is 441 g/mol. The summed E-state index contributed by atoms with van der Waals surface area (Å²) in [4.78, 5) is 38.9. The quantitative estimate of drug-likeness (QED) is 0.485. The summed E-state index contributed by atoms with van der Waals surface area (Å²) in [7, 11) is 1.37. The Morgan fingerprint density at radius 1 is 1.32 bits per heavy atom. The van der Waals surface area contributed by atoms with E-state index in [2.05, 4.69) is 28.6 Å². The molecule has 0 N–H and O–H groups in total. The Morgan fingerprint density at radius 2 is 2.06 bits per heavy atom. The molecule has 0 unspecified atom stereocenters. The van der Waals surface area contributed by atoms with Crippen LogP contribution in [0.5, 0.6) is 0 Å². The summed E-state index contributed by atoms with van der Waals surface area (Å²) in [5.41, 5.74) is 0.462. The van der Waals surface area contributed by atoms with Crippen LogP contribution >= 0.6 is 11.3 Å². The van der Waals surface area contributed by atoms with Crippen molar-refractivity contribution in [1.29, 1.82) is 0 Å². The number of aromatic nitrogens is 1. The van der Waals surface area contributed by atoms with Gasteiger partial charge in [0.1, 0.15) is 5.01 Å². The zero-order valence-electron chi connectivity index (χ0n) is 17.7. The van der Waals surface area contributed by atoms with E-state index in [-0.39, 0.29) is 24.9 Å². The number of piperidine rings is 1. The summed E-state index contributed by atoms with van der Waals surface area (Å²) in [6.45, 7) is 6.21. The van der Waals surface area contributed by atoms with E-state index in [0.29, 0.717) is 12.8 Å². The van der Waals surface area contributed by atoms with E-state index < -0.39 is 11.5 Å². The fourth-order valence-electron chi connectivity index (χ4n) is 4.58. The van der Waals surface area contributed by atoms with E-state index in [1.165, 1.54) is 17.1 Å². The van der Waals surface area contributed by atoms with Gasteiger partial charge in [0.25, 0.3) is 0 Å². The van der Waals surface area contributed by atoms with Gasteiger partial charge < -0.3 is 4.74 Å². The van der Waals surface area contributed by atoms with Crippen molar-refractivity contribution >= 4 is 23.2 Å². The minimum atomic E-state index is -0.660. The molecule has 164 valence electrons. The van der Waals surface area contributed by atoms with Gasteiger partial charge in [0.15, 0.2) is 0 Å². The van der Waals surface area contributed by atoms with E-state index >= 15 is 0 Å². The fraction of sp³-hybridized carbons (Fsp3) is 0.435. The third kappa shape index (κ3) is 4.28. The van der Waals surface area contributed by atoms with Crippen LogP contribution in [0.15, 0.2) is 49.2 Å². The average molecular weight is 442 g/mol. The Morgan fingerprint density at radius 3 is 2.74 bits per heavy atom. The minimum absolute atomic E-state index is 0.124. The first-order valence-electron chi connectivity index (χ1n) is 10.4. The zero-order valence-corrected chi connectivity index (χ0v) is 18.5. The lowest BCUT2D eigenvalue weighted by Gasteiger charge is -2.45. The number of hydroxylamine groups is 2. The molecule has 1 aromatic carbocycles. The zero-order chi connectivity index (χ0) is 21.8. The van der Waals surface area contributed by atoms with E-state index in [0.717, 1.165) is 30.2 Å². The molecule has 0 aliphatic carbocycles. The number of carbonyl (C=O) groups excluding carboxylic acids is 2. The standard InChI is InChI=1S/C23H27N3O4S/c1-3-13-30-26-20(27)14-19(22(28)29-2)23(26)9-11-25(12-10-23)16-18-15-24-21(31-18)17-7-5-4-6-8-17/h3-8,15,19H,1,9-14,16H2,2H3/t19-/m0/s1. The SMILES string of the molecule is C=CCON1C(=O)C[C@@H](C(=O)OC)C12CCN(Cc1cnc(-c3ccccc3)s1)CC2. The second-order valence-electron chi connectivity index (χ2n) is 7.93. The normalized spacial score (nSPS) is 20.9. The third-order valence-electron chi connectivity index (χ3n) is 6.14. The van der Waals surface area contributed by atoms with Crippen LogP contribution in [0.1, 0.15) is 24.1 Å². The van der Waals surface area contributed by atoms with Crippen LogP contribution in [0.3, 0.4) is 0 Å². The van der Waals surface area contributed by atoms with E-state index in [1.807, 2.05) is 24.4 Å². The Kier molecular flexibility index (Phi) is 6.50. The summed E-state index contributed by atoms with van der Waals surface area (Å²) in [5.74, 6) is -1.02. The Balaban J connectivity index is 1.45. The van der Waals surface area contributed by atoms with Crippen LogP contribution in [0.25, 0.3) is 10.6 Å². The Labute approximate surface area is 186 Å². The van der Waals surface area contributed by atoms with Crippen molar-refractivity contribution in [1.82, 2.24) is 14.9 Å². The van der Waals surface area contributed by atoms with Gasteiger partial charge in [0.05, 0.1) is 25.2 Å². The summed E-state index contributed by atoms with van der Waals surface area (Å²) in [6.07, 6.45) is 4.97. The lowest BCUT2D eigenvalue weighted by atomic mass is 9.77. The topological polar surface area (TPSA) is 72.0 Å². The third-order valence-corrected chi connectivity index (χ3v) is 7.17. The lowest BCUT2D eigenvalue weighted by molar-refractivity contribution is -0.218. The van der Waals surface area contributed by atoms with Crippen LogP contribution in [0.2, 0.25) is 0 Å². The number of benzene rings is 1. The number of amides is 1. The van der Waals surface area contributed by atoms with Crippen LogP contribution in [-0.2, 0) is 25.7 Å². The Bertz CT molecular complexity index is 937. The maximum absolute atomic E-state index is 12.6. The van der Waals surface area contributed by atoms with Gasteiger partial charge in [-0.1, -0.05) is 36.4 Å². The highest BCUT2D eigenvalue weighted by Crippen LogP contribution is 2.44. The fourth-order valence-corrected chi connectivity index (χ4v) is 5.54. The number of nitrogens with zero attached hydrogens (tertiary/aromatic N) is 3. The van der Waals surface area contributed by atoms with Crippen LogP contribution in [0.4, 0.5) is 0 Å². The molecular weight excluding hydrogens is 414 g/mol. The van der Waals surface area contributed by atoms with Gasteiger partial charge in [0.2, 0.25) is 5.91 Å². The molecule has 1 aromatic heterocycles. The molecule has 0 bridgehead atoms. The van der Waals surface area contributed by atoms with Crippen molar-refractivity contribution in [3.63, 3.8) is 0 Å². The number of ether oxygens (including phenoxy) is 1. The lowest BCUT2D eigenvalue weighted by Crippen LogP contribution is -2.57. The summed E-state index contributed by atoms with van der Waals surface area (Å²) in [6, 6.07) is 10.2. The summed E-state index contributed by atoms with van der Waals surface area (Å²) in [5, 5.41) is 2.45. The minimum Gasteiger partial charge on any atom is -0.469 e. The molecule has 2 aliphatic rings.